The van der Waals surface area contributed by atoms with Crippen LogP contribution in [-0.4, -0.2) is 53.2 Å². The minimum Gasteiger partial charge on any atom is -0.497 e. The van der Waals surface area contributed by atoms with Crippen molar-refractivity contribution in [3.63, 3.8) is 0 Å². The van der Waals surface area contributed by atoms with Crippen molar-refractivity contribution in [2.45, 2.75) is 37.8 Å². The summed E-state index contributed by atoms with van der Waals surface area (Å²) >= 11 is 1.46. The lowest BCUT2D eigenvalue weighted by atomic mass is 10.0. The smallest absolute Gasteiger partial charge is 0.237 e. The van der Waals surface area contributed by atoms with Crippen molar-refractivity contribution < 1.29 is 9.53 Å². The zero-order chi connectivity index (χ0) is 22.8. The Balaban J connectivity index is 1.38. The van der Waals surface area contributed by atoms with Crippen molar-refractivity contribution in [2.24, 2.45) is 0 Å². The average molecular weight is 464 g/mol. The van der Waals surface area contributed by atoms with Crippen molar-refractivity contribution in [3.05, 3.63) is 53.6 Å². The maximum atomic E-state index is 13.3. The normalized spacial score (nSPS) is 15.6. The van der Waals surface area contributed by atoms with Gasteiger partial charge in [0.1, 0.15) is 5.75 Å². The van der Waals surface area contributed by atoms with Gasteiger partial charge in [0, 0.05) is 25.3 Å². The van der Waals surface area contributed by atoms with Gasteiger partial charge in [-0.15, -0.1) is 10.2 Å². The van der Waals surface area contributed by atoms with E-state index in [9.17, 15) is 4.79 Å². The van der Waals surface area contributed by atoms with E-state index in [4.69, 9.17) is 4.74 Å². The first-order valence-corrected chi connectivity index (χ1v) is 12.5. The highest BCUT2D eigenvalue weighted by atomic mass is 32.2. The third-order valence-corrected chi connectivity index (χ3v) is 7.24. The molecule has 0 aliphatic carbocycles. The molecule has 0 atom stereocenters. The Kier molecular flexibility index (Phi) is 6.26. The molecule has 3 heterocycles. The number of methoxy groups -OCH3 is 1. The summed E-state index contributed by atoms with van der Waals surface area (Å²) in [6.45, 7) is 4.79. The van der Waals surface area contributed by atoms with Gasteiger partial charge in [0.05, 0.1) is 18.6 Å². The highest BCUT2D eigenvalue weighted by molar-refractivity contribution is 7.99. The largest absolute Gasteiger partial charge is 0.497 e. The average Bonchev–Trinajstić information content (AvgIpc) is 3.52. The number of thioether (sulfide) groups is 1. The van der Waals surface area contributed by atoms with Gasteiger partial charge in [-0.1, -0.05) is 29.5 Å². The predicted octanol–water partition coefficient (Wildman–Crippen LogP) is 4.26. The Labute approximate surface area is 198 Å². The highest BCUT2D eigenvalue weighted by Crippen LogP contribution is 2.33. The molecule has 8 heteroatoms. The Hall–Kier alpha value is -3.00. The maximum absolute atomic E-state index is 13.3. The van der Waals surface area contributed by atoms with E-state index in [1.807, 2.05) is 23.1 Å². The number of carbonyl (C=O) groups is 1. The minimum absolute atomic E-state index is 0.0901. The molecule has 2 aromatic carbocycles. The van der Waals surface area contributed by atoms with Crippen molar-refractivity contribution in [1.82, 2.24) is 14.8 Å². The van der Waals surface area contributed by atoms with E-state index in [0.29, 0.717) is 5.75 Å². The first-order valence-electron chi connectivity index (χ1n) is 11.5. The second kappa shape index (κ2) is 9.47. The van der Waals surface area contributed by atoms with E-state index in [2.05, 4.69) is 50.9 Å². The van der Waals surface area contributed by atoms with E-state index >= 15 is 0 Å². The summed E-state index contributed by atoms with van der Waals surface area (Å²) in [4.78, 5) is 17.4. The van der Waals surface area contributed by atoms with Crippen LogP contribution in [0.15, 0.2) is 47.6 Å². The molecule has 172 valence electrons. The summed E-state index contributed by atoms with van der Waals surface area (Å²) in [5.74, 6) is 2.10. The van der Waals surface area contributed by atoms with Crippen molar-refractivity contribution >= 4 is 29.3 Å². The number of ether oxygens (including phenoxy) is 1. The topological polar surface area (TPSA) is 63.5 Å². The SMILES string of the molecule is COc1ccc2c(c1)CCCN2C(=O)CSc1nnc(N2CCCC2)n1-c1ccc(C)cc1. The summed E-state index contributed by atoms with van der Waals surface area (Å²) in [6, 6.07) is 14.3. The third kappa shape index (κ3) is 4.44. The van der Waals surface area contributed by atoms with Crippen LogP contribution in [-0.2, 0) is 11.2 Å². The van der Waals surface area contributed by atoms with Gasteiger partial charge in [-0.25, -0.2) is 0 Å². The van der Waals surface area contributed by atoms with E-state index in [0.717, 1.165) is 66.3 Å². The number of fused-ring (bicyclic) bond motifs is 1. The zero-order valence-electron chi connectivity index (χ0n) is 19.2. The molecule has 1 amide bonds. The predicted molar refractivity (Wildman–Crippen MR) is 132 cm³/mol. The second-order valence-corrected chi connectivity index (χ2v) is 9.52. The summed E-state index contributed by atoms with van der Waals surface area (Å²) in [5.41, 5.74) is 4.39. The lowest BCUT2D eigenvalue weighted by Gasteiger charge is -2.29. The molecule has 33 heavy (non-hydrogen) atoms. The molecule has 5 rings (SSSR count). The Morgan fingerprint density at radius 2 is 1.82 bits per heavy atom. The Bertz CT molecular complexity index is 1140. The molecule has 0 spiro atoms. The van der Waals surface area contributed by atoms with Gasteiger partial charge in [0.15, 0.2) is 5.16 Å². The molecular weight excluding hydrogens is 434 g/mol. The van der Waals surface area contributed by atoms with E-state index < -0.39 is 0 Å². The van der Waals surface area contributed by atoms with Crippen LogP contribution >= 0.6 is 11.8 Å². The molecule has 3 aromatic rings. The molecule has 1 fully saturated rings. The molecule has 1 aromatic heterocycles. The number of hydrogen-bond donors (Lipinski definition) is 0. The minimum atomic E-state index is 0.0901. The van der Waals surface area contributed by atoms with Crippen LogP contribution in [0.25, 0.3) is 5.69 Å². The van der Waals surface area contributed by atoms with Crippen LogP contribution in [0.3, 0.4) is 0 Å². The third-order valence-electron chi connectivity index (χ3n) is 6.33. The van der Waals surface area contributed by atoms with Gasteiger partial charge in [-0.05, 0) is 68.5 Å². The standard InChI is InChI=1S/C25H29N5O2S/c1-18-7-9-20(10-8-18)30-24(28-13-3-4-14-28)26-27-25(30)33-17-23(31)29-15-5-6-19-16-21(32-2)11-12-22(19)29/h7-12,16H,3-6,13-15,17H2,1-2H3. The number of amides is 1. The molecule has 0 N–H and O–H groups in total. The maximum Gasteiger partial charge on any atom is 0.237 e. The van der Waals surface area contributed by atoms with Crippen LogP contribution in [0.1, 0.15) is 30.4 Å². The molecular formula is C25H29N5O2S. The number of nitrogens with zero attached hydrogens (tertiary/aromatic N) is 5. The van der Waals surface area contributed by atoms with Crippen molar-refractivity contribution in [1.29, 1.82) is 0 Å². The van der Waals surface area contributed by atoms with Crippen molar-refractivity contribution in [2.75, 3.05) is 42.3 Å². The van der Waals surface area contributed by atoms with Gasteiger partial charge in [0.2, 0.25) is 11.9 Å². The van der Waals surface area contributed by atoms with Gasteiger partial charge >= 0.3 is 0 Å². The highest BCUT2D eigenvalue weighted by Gasteiger charge is 2.26. The Morgan fingerprint density at radius 3 is 2.58 bits per heavy atom. The zero-order valence-corrected chi connectivity index (χ0v) is 20.0. The number of rotatable bonds is 6. The molecule has 2 aliphatic heterocycles. The fraction of sp³-hybridized carbons (Fsp3) is 0.400. The van der Waals surface area contributed by atoms with Gasteiger partial charge in [-0.2, -0.15) is 0 Å². The lowest BCUT2D eigenvalue weighted by Crippen LogP contribution is -2.36. The number of anilines is 2. The first-order chi connectivity index (χ1) is 16.1. The molecule has 7 nitrogen and oxygen atoms in total. The summed E-state index contributed by atoms with van der Waals surface area (Å²) in [5, 5.41) is 9.76. The molecule has 0 bridgehead atoms. The van der Waals surface area contributed by atoms with Crippen LogP contribution in [0.4, 0.5) is 11.6 Å². The monoisotopic (exact) mass is 463 g/mol. The summed E-state index contributed by atoms with van der Waals surface area (Å²) < 4.78 is 7.45. The number of aromatic nitrogens is 3. The van der Waals surface area contributed by atoms with E-state index in [-0.39, 0.29) is 5.91 Å². The van der Waals surface area contributed by atoms with Crippen molar-refractivity contribution in [3.8, 4) is 11.4 Å². The fourth-order valence-electron chi connectivity index (χ4n) is 4.56. The lowest BCUT2D eigenvalue weighted by molar-refractivity contribution is -0.116. The number of aryl methyl sites for hydroxylation is 2. The second-order valence-electron chi connectivity index (χ2n) is 8.58. The molecule has 0 unspecified atom stereocenters. The van der Waals surface area contributed by atoms with Gasteiger partial charge < -0.3 is 14.5 Å². The Morgan fingerprint density at radius 1 is 1.03 bits per heavy atom. The van der Waals surface area contributed by atoms with Gasteiger partial charge in [-0.3, -0.25) is 9.36 Å². The van der Waals surface area contributed by atoms with Crippen LogP contribution < -0.4 is 14.5 Å². The quantitative estimate of drug-likeness (QED) is 0.509. The van der Waals surface area contributed by atoms with Gasteiger partial charge in [0.25, 0.3) is 0 Å². The number of carbonyl (C=O) groups excluding carboxylic acids is 1. The molecule has 0 saturated carbocycles. The van der Waals surface area contributed by atoms with E-state index in [1.165, 1.54) is 30.2 Å². The van der Waals surface area contributed by atoms with Crippen LogP contribution in [0.5, 0.6) is 5.75 Å². The number of hydrogen-bond acceptors (Lipinski definition) is 6. The molecule has 1 saturated heterocycles. The summed E-state index contributed by atoms with van der Waals surface area (Å²) in [7, 11) is 1.67. The summed E-state index contributed by atoms with van der Waals surface area (Å²) in [6.07, 6.45) is 4.25. The molecule has 0 radical (unpaired) electrons. The fourth-order valence-corrected chi connectivity index (χ4v) is 5.38. The molecule has 2 aliphatic rings. The van der Waals surface area contributed by atoms with Crippen LogP contribution in [0, 0.1) is 6.92 Å². The van der Waals surface area contributed by atoms with E-state index in [1.54, 1.807) is 7.11 Å². The first kappa shape index (κ1) is 21.8. The number of benzene rings is 2. The van der Waals surface area contributed by atoms with Crippen LogP contribution in [0.2, 0.25) is 0 Å².